The van der Waals surface area contributed by atoms with Gasteiger partial charge in [0.2, 0.25) is 5.91 Å². The zero-order valence-electron chi connectivity index (χ0n) is 12.1. The number of aliphatic carboxylic acids is 1. The molecular weight excluding hydrogens is 264 g/mol. The standard InChI is InChI=1S/C13H26N2O5/c1-2-3-5-14-12(17)11-15(6-4-13(18)19)7-9-20-10-8-16/h16H,2-11H2,1H3,(H,14,17)(H,18,19). The SMILES string of the molecule is CCCCNC(=O)CN(CCOCCO)CCC(=O)O. The van der Waals surface area contributed by atoms with Crippen LogP contribution in [0.2, 0.25) is 0 Å². The number of nitrogens with zero attached hydrogens (tertiary/aromatic N) is 1. The summed E-state index contributed by atoms with van der Waals surface area (Å²) in [5.74, 6) is -0.997. The van der Waals surface area contributed by atoms with Gasteiger partial charge in [-0.25, -0.2) is 0 Å². The summed E-state index contributed by atoms with van der Waals surface area (Å²) in [5, 5.41) is 20.1. The Labute approximate surface area is 119 Å². The molecule has 20 heavy (non-hydrogen) atoms. The van der Waals surface area contributed by atoms with Crippen molar-refractivity contribution >= 4 is 11.9 Å². The molecule has 0 atom stereocenters. The summed E-state index contributed by atoms with van der Waals surface area (Å²) in [6.07, 6.45) is 1.93. The second-order valence-corrected chi connectivity index (χ2v) is 4.46. The lowest BCUT2D eigenvalue weighted by Crippen LogP contribution is -2.40. The van der Waals surface area contributed by atoms with E-state index in [0.29, 0.717) is 26.2 Å². The molecule has 1 amide bonds. The Kier molecular flexibility index (Phi) is 12.1. The molecule has 0 rings (SSSR count). The van der Waals surface area contributed by atoms with Gasteiger partial charge in [0.05, 0.1) is 32.8 Å². The predicted molar refractivity (Wildman–Crippen MR) is 74.5 cm³/mol. The molecule has 0 aliphatic heterocycles. The number of hydrogen-bond acceptors (Lipinski definition) is 5. The molecule has 0 spiro atoms. The van der Waals surface area contributed by atoms with Gasteiger partial charge >= 0.3 is 5.97 Å². The van der Waals surface area contributed by atoms with Crippen LogP contribution in [0, 0.1) is 0 Å². The van der Waals surface area contributed by atoms with Gasteiger partial charge in [0, 0.05) is 19.6 Å². The molecule has 7 nitrogen and oxygen atoms in total. The lowest BCUT2D eigenvalue weighted by atomic mass is 10.3. The topological polar surface area (TPSA) is 99.1 Å². The van der Waals surface area contributed by atoms with E-state index >= 15 is 0 Å². The van der Waals surface area contributed by atoms with Gasteiger partial charge in [-0.2, -0.15) is 0 Å². The van der Waals surface area contributed by atoms with Crippen LogP contribution in [-0.4, -0.2) is 73.0 Å². The van der Waals surface area contributed by atoms with Crippen LogP contribution in [0.15, 0.2) is 0 Å². The lowest BCUT2D eigenvalue weighted by Gasteiger charge is -2.20. The van der Waals surface area contributed by atoms with Crippen molar-refractivity contribution in [1.29, 1.82) is 0 Å². The second kappa shape index (κ2) is 12.8. The highest BCUT2D eigenvalue weighted by molar-refractivity contribution is 5.78. The van der Waals surface area contributed by atoms with Crippen LogP contribution < -0.4 is 5.32 Å². The molecule has 0 bridgehead atoms. The van der Waals surface area contributed by atoms with E-state index in [9.17, 15) is 9.59 Å². The van der Waals surface area contributed by atoms with Crippen LogP contribution in [0.25, 0.3) is 0 Å². The molecule has 0 aromatic heterocycles. The molecule has 0 saturated heterocycles. The van der Waals surface area contributed by atoms with Crippen molar-refractivity contribution in [3.05, 3.63) is 0 Å². The fourth-order valence-corrected chi connectivity index (χ4v) is 1.55. The first-order valence-electron chi connectivity index (χ1n) is 6.99. The first-order valence-corrected chi connectivity index (χ1v) is 6.99. The first kappa shape index (κ1) is 18.8. The number of hydrogen-bond donors (Lipinski definition) is 3. The number of rotatable bonds is 13. The largest absolute Gasteiger partial charge is 0.481 e. The van der Waals surface area contributed by atoms with Crippen LogP contribution in [0.4, 0.5) is 0 Å². The van der Waals surface area contributed by atoms with Crippen LogP contribution in [0.1, 0.15) is 26.2 Å². The number of ether oxygens (including phenoxy) is 1. The molecule has 3 N–H and O–H groups in total. The van der Waals surface area contributed by atoms with Crippen LogP contribution in [0.3, 0.4) is 0 Å². The number of carboxylic acids is 1. The second-order valence-electron chi connectivity index (χ2n) is 4.46. The Balaban J connectivity index is 4.01. The number of nitrogens with one attached hydrogen (secondary N) is 1. The summed E-state index contributed by atoms with van der Waals surface area (Å²) in [4.78, 5) is 24.0. The normalized spacial score (nSPS) is 10.8. The van der Waals surface area contributed by atoms with Gasteiger partial charge in [0.1, 0.15) is 0 Å². The van der Waals surface area contributed by atoms with E-state index in [1.54, 1.807) is 4.90 Å². The minimum atomic E-state index is -0.891. The van der Waals surface area contributed by atoms with Crippen LogP contribution >= 0.6 is 0 Å². The molecule has 7 heteroatoms. The van der Waals surface area contributed by atoms with E-state index in [4.69, 9.17) is 14.9 Å². The fourth-order valence-electron chi connectivity index (χ4n) is 1.55. The van der Waals surface area contributed by atoms with Crippen LogP contribution in [-0.2, 0) is 14.3 Å². The average Bonchev–Trinajstić information content (AvgIpc) is 2.40. The zero-order valence-corrected chi connectivity index (χ0v) is 12.1. The van der Waals surface area contributed by atoms with Crippen LogP contribution in [0.5, 0.6) is 0 Å². The summed E-state index contributed by atoms with van der Waals surface area (Å²) in [7, 11) is 0. The van der Waals surface area contributed by atoms with Crippen molar-refractivity contribution in [3.63, 3.8) is 0 Å². The van der Waals surface area contributed by atoms with Gasteiger partial charge in [-0.1, -0.05) is 13.3 Å². The highest BCUT2D eigenvalue weighted by atomic mass is 16.5. The van der Waals surface area contributed by atoms with Gasteiger partial charge in [-0.15, -0.1) is 0 Å². The molecule has 0 fully saturated rings. The minimum Gasteiger partial charge on any atom is -0.481 e. The molecule has 0 aromatic rings. The number of aliphatic hydroxyl groups excluding tert-OH is 1. The number of aliphatic hydroxyl groups is 1. The Morgan fingerprint density at radius 1 is 1.25 bits per heavy atom. The van der Waals surface area contributed by atoms with E-state index in [1.807, 2.05) is 6.92 Å². The monoisotopic (exact) mass is 290 g/mol. The van der Waals surface area contributed by atoms with Crippen molar-refractivity contribution in [1.82, 2.24) is 10.2 Å². The molecule has 0 aromatic carbocycles. The number of carboxylic acid groups (broad SMARTS) is 1. The number of amides is 1. The summed E-state index contributed by atoms with van der Waals surface area (Å²) >= 11 is 0. The quantitative estimate of drug-likeness (QED) is 0.402. The fraction of sp³-hybridized carbons (Fsp3) is 0.846. The lowest BCUT2D eigenvalue weighted by molar-refractivity contribution is -0.137. The Morgan fingerprint density at radius 2 is 2.00 bits per heavy atom. The van der Waals surface area contributed by atoms with Crippen molar-refractivity contribution in [2.45, 2.75) is 26.2 Å². The van der Waals surface area contributed by atoms with E-state index in [-0.39, 0.29) is 32.1 Å². The molecule has 0 heterocycles. The molecule has 0 unspecified atom stereocenters. The van der Waals surface area contributed by atoms with Gasteiger partial charge in [-0.05, 0) is 6.42 Å². The number of unbranched alkanes of at least 4 members (excludes halogenated alkanes) is 1. The molecule has 0 radical (unpaired) electrons. The van der Waals surface area contributed by atoms with E-state index < -0.39 is 5.97 Å². The highest BCUT2D eigenvalue weighted by Gasteiger charge is 2.11. The van der Waals surface area contributed by atoms with Gasteiger partial charge in [0.15, 0.2) is 0 Å². The molecule has 0 aliphatic carbocycles. The van der Waals surface area contributed by atoms with E-state index in [1.165, 1.54) is 0 Å². The molecule has 0 aliphatic rings. The summed E-state index contributed by atoms with van der Waals surface area (Å²) in [5.41, 5.74) is 0. The maximum absolute atomic E-state index is 11.7. The van der Waals surface area contributed by atoms with Crippen molar-refractivity contribution in [2.75, 3.05) is 46.0 Å². The highest BCUT2D eigenvalue weighted by Crippen LogP contribution is 1.93. The molecule has 0 saturated carbocycles. The Bertz CT molecular complexity index is 273. The third-order valence-corrected chi connectivity index (χ3v) is 2.65. The summed E-state index contributed by atoms with van der Waals surface area (Å²) in [6.45, 7) is 4.18. The number of carbonyl (C=O) groups is 2. The molecule has 118 valence electrons. The van der Waals surface area contributed by atoms with Gasteiger partial charge in [0.25, 0.3) is 0 Å². The maximum atomic E-state index is 11.7. The smallest absolute Gasteiger partial charge is 0.304 e. The third-order valence-electron chi connectivity index (χ3n) is 2.65. The Morgan fingerprint density at radius 3 is 2.60 bits per heavy atom. The first-order chi connectivity index (χ1) is 9.60. The average molecular weight is 290 g/mol. The number of carbonyl (C=O) groups excluding carboxylic acids is 1. The summed E-state index contributed by atoms with van der Waals surface area (Å²) in [6, 6.07) is 0. The van der Waals surface area contributed by atoms with Crippen molar-refractivity contribution in [3.8, 4) is 0 Å². The van der Waals surface area contributed by atoms with E-state index in [2.05, 4.69) is 5.32 Å². The van der Waals surface area contributed by atoms with Crippen molar-refractivity contribution < 1.29 is 24.5 Å². The molecular formula is C13H26N2O5. The van der Waals surface area contributed by atoms with E-state index in [0.717, 1.165) is 12.8 Å². The van der Waals surface area contributed by atoms with Gasteiger partial charge in [-0.3, -0.25) is 14.5 Å². The summed E-state index contributed by atoms with van der Waals surface area (Å²) < 4.78 is 5.13. The maximum Gasteiger partial charge on any atom is 0.304 e. The minimum absolute atomic E-state index is 0.0117. The Hall–Kier alpha value is -1.18. The zero-order chi connectivity index (χ0) is 15.2. The third kappa shape index (κ3) is 11.9. The van der Waals surface area contributed by atoms with Gasteiger partial charge < -0.3 is 20.3 Å². The van der Waals surface area contributed by atoms with Crippen molar-refractivity contribution in [2.24, 2.45) is 0 Å². The predicted octanol–water partition coefficient (Wildman–Crippen LogP) is -0.312.